The number of carboxylic acid groups (broad SMARTS) is 1. The highest BCUT2D eigenvalue weighted by Crippen LogP contribution is 2.30. The van der Waals surface area contributed by atoms with Crippen molar-refractivity contribution in [2.75, 3.05) is 18.0 Å². The zero-order valence-electron chi connectivity index (χ0n) is 9.95. The highest BCUT2D eigenvalue weighted by atomic mass is 35.5. The first-order chi connectivity index (χ1) is 8.99. The maximum atomic E-state index is 10.8. The molecule has 0 bridgehead atoms. The van der Waals surface area contributed by atoms with Crippen LogP contribution in [0.1, 0.15) is 12.8 Å². The summed E-state index contributed by atoms with van der Waals surface area (Å²) in [5.74, 6) is -0.661. The summed E-state index contributed by atoms with van der Waals surface area (Å²) in [6.07, 6.45) is 2.19. The molecule has 1 N–H and O–H groups in total. The number of hydrogen-bond donors (Lipinski definition) is 1. The highest BCUT2D eigenvalue weighted by Gasteiger charge is 2.26. The van der Waals surface area contributed by atoms with Crippen LogP contribution in [0, 0.1) is 16.0 Å². The van der Waals surface area contributed by atoms with Crippen LogP contribution in [0.4, 0.5) is 11.5 Å². The lowest BCUT2D eigenvalue weighted by Crippen LogP contribution is -2.36. The van der Waals surface area contributed by atoms with Gasteiger partial charge in [-0.1, -0.05) is 11.6 Å². The Morgan fingerprint density at radius 2 is 2.16 bits per heavy atom. The molecule has 1 aliphatic heterocycles. The molecule has 1 fully saturated rings. The quantitative estimate of drug-likeness (QED) is 0.673. The van der Waals surface area contributed by atoms with Gasteiger partial charge in [0.05, 0.1) is 15.9 Å². The topological polar surface area (TPSA) is 96.6 Å². The minimum Gasteiger partial charge on any atom is -0.481 e. The maximum Gasteiger partial charge on any atom is 0.306 e. The molecule has 1 aromatic heterocycles. The van der Waals surface area contributed by atoms with Crippen molar-refractivity contribution in [3.8, 4) is 0 Å². The smallest absolute Gasteiger partial charge is 0.306 e. The molecule has 102 valence electrons. The number of pyridine rings is 1. The van der Waals surface area contributed by atoms with Gasteiger partial charge in [-0.05, 0) is 12.8 Å². The van der Waals surface area contributed by atoms with Gasteiger partial charge in [0.1, 0.15) is 12.0 Å². The molecule has 1 aliphatic rings. The number of rotatable bonds is 3. The molecule has 2 rings (SSSR count). The van der Waals surface area contributed by atoms with E-state index in [-0.39, 0.29) is 16.6 Å². The van der Waals surface area contributed by atoms with Crippen LogP contribution in [0.3, 0.4) is 0 Å². The number of hydrogen-bond acceptors (Lipinski definition) is 5. The Morgan fingerprint density at radius 1 is 1.53 bits per heavy atom. The summed E-state index contributed by atoms with van der Waals surface area (Å²) in [6, 6.07) is 1.26. The van der Waals surface area contributed by atoms with Gasteiger partial charge in [-0.25, -0.2) is 4.98 Å². The molecule has 0 amide bonds. The number of aliphatic carboxylic acids is 1. The van der Waals surface area contributed by atoms with E-state index in [2.05, 4.69) is 4.98 Å². The third-order valence-corrected chi connectivity index (χ3v) is 3.44. The molecular formula is C11H12ClN3O4. The molecule has 1 aromatic rings. The Morgan fingerprint density at radius 3 is 2.63 bits per heavy atom. The fourth-order valence-electron chi connectivity index (χ4n) is 2.09. The van der Waals surface area contributed by atoms with Gasteiger partial charge < -0.3 is 10.0 Å². The first-order valence-electron chi connectivity index (χ1n) is 5.76. The zero-order chi connectivity index (χ0) is 14.0. The van der Waals surface area contributed by atoms with Crippen molar-refractivity contribution in [3.05, 3.63) is 27.4 Å². The Kier molecular flexibility index (Phi) is 3.84. The second kappa shape index (κ2) is 5.40. The number of nitro groups is 1. The third-order valence-electron chi connectivity index (χ3n) is 3.16. The van der Waals surface area contributed by atoms with E-state index in [0.717, 1.165) is 6.20 Å². The SMILES string of the molecule is O=C(O)C1CCN(c2ncc([N+](=O)[O-])cc2Cl)CC1. The monoisotopic (exact) mass is 285 g/mol. The van der Waals surface area contributed by atoms with Crippen LogP contribution in [0.25, 0.3) is 0 Å². The summed E-state index contributed by atoms with van der Waals surface area (Å²) < 4.78 is 0. The molecule has 1 saturated heterocycles. The van der Waals surface area contributed by atoms with Gasteiger partial charge in [0.25, 0.3) is 5.69 Å². The van der Waals surface area contributed by atoms with Gasteiger partial charge in [0.15, 0.2) is 0 Å². The Hall–Kier alpha value is -1.89. The molecule has 8 heteroatoms. The van der Waals surface area contributed by atoms with Gasteiger partial charge >= 0.3 is 5.97 Å². The average molecular weight is 286 g/mol. The Balaban J connectivity index is 2.11. The van der Waals surface area contributed by atoms with Gasteiger partial charge in [-0.3, -0.25) is 14.9 Å². The van der Waals surface area contributed by atoms with Gasteiger partial charge in [0, 0.05) is 19.2 Å². The fraction of sp³-hybridized carbons (Fsp3) is 0.455. The molecule has 0 saturated carbocycles. The molecule has 19 heavy (non-hydrogen) atoms. The second-order valence-corrected chi connectivity index (χ2v) is 4.76. The van der Waals surface area contributed by atoms with Crippen LogP contribution >= 0.6 is 11.6 Å². The highest BCUT2D eigenvalue weighted by molar-refractivity contribution is 6.33. The Labute approximate surface area is 114 Å². The summed E-state index contributed by atoms with van der Waals surface area (Å²) in [6.45, 7) is 1.06. The first kappa shape index (κ1) is 13.5. The van der Waals surface area contributed by atoms with Crippen molar-refractivity contribution in [2.45, 2.75) is 12.8 Å². The predicted molar refractivity (Wildman–Crippen MR) is 68.5 cm³/mol. The van der Waals surface area contributed by atoms with Crippen molar-refractivity contribution in [1.82, 2.24) is 4.98 Å². The van der Waals surface area contributed by atoms with Crippen LogP contribution < -0.4 is 4.90 Å². The van der Waals surface area contributed by atoms with E-state index in [4.69, 9.17) is 16.7 Å². The lowest BCUT2D eigenvalue weighted by Gasteiger charge is -2.31. The van der Waals surface area contributed by atoms with Crippen LogP contribution in [0.2, 0.25) is 5.02 Å². The molecule has 0 radical (unpaired) electrons. The van der Waals surface area contributed by atoms with E-state index in [1.807, 2.05) is 4.90 Å². The van der Waals surface area contributed by atoms with E-state index in [1.54, 1.807) is 0 Å². The van der Waals surface area contributed by atoms with Crippen molar-refractivity contribution in [2.24, 2.45) is 5.92 Å². The van der Waals surface area contributed by atoms with Crippen molar-refractivity contribution in [1.29, 1.82) is 0 Å². The van der Waals surface area contributed by atoms with Crippen molar-refractivity contribution < 1.29 is 14.8 Å². The van der Waals surface area contributed by atoms with Crippen LogP contribution in [-0.2, 0) is 4.79 Å². The van der Waals surface area contributed by atoms with Gasteiger partial charge in [-0.15, -0.1) is 0 Å². The van der Waals surface area contributed by atoms with Gasteiger partial charge in [-0.2, -0.15) is 0 Å². The lowest BCUT2D eigenvalue weighted by molar-refractivity contribution is -0.385. The average Bonchev–Trinajstić information content (AvgIpc) is 2.38. The molecule has 0 atom stereocenters. The molecule has 7 nitrogen and oxygen atoms in total. The number of carboxylic acids is 1. The summed E-state index contributed by atoms with van der Waals surface area (Å²) in [5.41, 5.74) is -0.158. The zero-order valence-corrected chi connectivity index (χ0v) is 10.7. The van der Waals surface area contributed by atoms with E-state index >= 15 is 0 Å². The maximum absolute atomic E-state index is 10.8. The Bertz CT molecular complexity index is 515. The van der Waals surface area contributed by atoms with E-state index in [9.17, 15) is 14.9 Å². The fourth-order valence-corrected chi connectivity index (χ4v) is 2.37. The summed E-state index contributed by atoms with van der Waals surface area (Å²) in [5, 5.41) is 19.7. The molecule has 2 heterocycles. The summed E-state index contributed by atoms with van der Waals surface area (Å²) in [4.78, 5) is 26.7. The van der Waals surface area contributed by atoms with Crippen molar-refractivity contribution >= 4 is 29.1 Å². The first-order valence-corrected chi connectivity index (χ1v) is 6.14. The molecule has 0 aliphatic carbocycles. The summed E-state index contributed by atoms with van der Waals surface area (Å²) >= 11 is 5.98. The standard InChI is InChI=1S/C11H12ClN3O4/c12-9-5-8(15(18)19)6-13-10(9)14-3-1-7(2-4-14)11(16)17/h5-7H,1-4H2,(H,16,17). The third kappa shape index (κ3) is 2.93. The minimum absolute atomic E-state index is 0.158. The lowest BCUT2D eigenvalue weighted by atomic mass is 9.97. The predicted octanol–water partition coefficient (Wildman–Crippen LogP) is 1.94. The van der Waals surface area contributed by atoms with E-state index in [0.29, 0.717) is 31.7 Å². The molecule has 0 unspecified atom stereocenters. The van der Waals surface area contributed by atoms with Crippen LogP contribution in [0.15, 0.2) is 12.3 Å². The molecule has 0 aromatic carbocycles. The number of halogens is 1. The van der Waals surface area contributed by atoms with Gasteiger partial charge in [0.2, 0.25) is 0 Å². The van der Waals surface area contributed by atoms with Crippen LogP contribution in [0.5, 0.6) is 0 Å². The normalized spacial score (nSPS) is 16.4. The van der Waals surface area contributed by atoms with E-state index < -0.39 is 10.9 Å². The number of carbonyl (C=O) groups is 1. The molecule has 0 spiro atoms. The number of aromatic nitrogens is 1. The number of piperidine rings is 1. The number of anilines is 1. The molecular weight excluding hydrogens is 274 g/mol. The van der Waals surface area contributed by atoms with Crippen LogP contribution in [-0.4, -0.2) is 34.1 Å². The van der Waals surface area contributed by atoms with E-state index in [1.165, 1.54) is 6.07 Å². The largest absolute Gasteiger partial charge is 0.481 e. The summed E-state index contributed by atoms with van der Waals surface area (Å²) in [7, 11) is 0. The number of nitrogens with zero attached hydrogens (tertiary/aromatic N) is 3. The van der Waals surface area contributed by atoms with Crippen molar-refractivity contribution in [3.63, 3.8) is 0 Å². The minimum atomic E-state index is -0.789. The second-order valence-electron chi connectivity index (χ2n) is 4.36.